The quantitative estimate of drug-likeness (QED) is 0.613. The van der Waals surface area contributed by atoms with Crippen LogP contribution < -0.4 is 10.6 Å². The highest BCUT2D eigenvalue weighted by atomic mass is 32.2. The smallest absolute Gasteiger partial charge is 0.321 e. The molecular weight excluding hydrogens is 356 g/mol. The third-order valence-electron chi connectivity index (χ3n) is 3.23. The monoisotopic (exact) mass is 372 g/mol. The zero-order chi connectivity index (χ0) is 18.2. The van der Waals surface area contributed by atoms with Gasteiger partial charge in [0.2, 0.25) is 11.8 Å². The van der Waals surface area contributed by atoms with Crippen LogP contribution in [0.3, 0.4) is 0 Å². The highest BCUT2D eigenvalue weighted by Crippen LogP contribution is 2.17. The molecule has 26 heavy (non-hydrogen) atoms. The molecule has 0 fully saturated rings. The van der Waals surface area contributed by atoms with Gasteiger partial charge in [-0.25, -0.2) is 4.79 Å². The predicted octanol–water partition coefficient (Wildman–Crippen LogP) is 2.37. The Bertz CT molecular complexity index is 849. The fourth-order valence-corrected chi connectivity index (χ4v) is 2.63. The number of carbonyl (C=O) groups is 2. The number of aromatic nitrogens is 2. The predicted molar refractivity (Wildman–Crippen MR) is 93.4 cm³/mol. The largest absolute Gasteiger partial charge is 0.467 e. The van der Waals surface area contributed by atoms with Crippen LogP contribution in [0.4, 0.5) is 4.79 Å². The van der Waals surface area contributed by atoms with E-state index in [1.165, 1.54) is 6.26 Å². The second-order valence-corrected chi connectivity index (χ2v) is 6.15. The fraction of sp³-hybridized carbons (Fsp3) is 0.176. The van der Waals surface area contributed by atoms with E-state index in [2.05, 4.69) is 20.8 Å². The van der Waals surface area contributed by atoms with Crippen molar-refractivity contribution in [1.82, 2.24) is 20.8 Å². The maximum Gasteiger partial charge on any atom is 0.321 e. The van der Waals surface area contributed by atoms with Gasteiger partial charge in [0.25, 0.3) is 5.22 Å². The first-order valence-corrected chi connectivity index (χ1v) is 8.77. The van der Waals surface area contributed by atoms with Crippen molar-refractivity contribution in [2.24, 2.45) is 0 Å². The van der Waals surface area contributed by atoms with Crippen LogP contribution in [-0.2, 0) is 17.8 Å². The van der Waals surface area contributed by atoms with Crippen LogP contribution in [0.1, 0.15) is 17.2 Å². The lowest BCUT2D eigenvalue weighted by Gasteiger charge is -2.04. The molecule has 0 aliphatic carbocycles. The molecule has 8 nitrogen and oxygen atoms in total. The number of benzene rings is 1. The lowest BCUT2D eigenvalue weighted by atomic mass is 10.2. The van der Waals surface area contributed by atoms with Crippen molar-refractivity contribution in [3.8, 4) is 0 Å². The first-order valence-electron chi connectivity index (χ1n) is 7.78. The molecule has 0 spiro atoms. The van der Waals surface area contributed by atoms with Crippen molar-refractivity contribution in [2.75, 3.05) is 5.75 Å². The number of urea groups is 1. The molecule has 3 rings (SSSR count). The van der Waals surface area contributed by atoms with Crippen molar-refractivity contribution in [1.29, 1.82) is 0 Å². The molecule has 0 aliphatic rings. The normalized spacial score (nSPS) is 10.5. The highest BCUT2D eigenvalue weighted by Gasteiger charge is 2.12. The summed E-state index contributed by atoms with van der Waals surface area (Å²) in [6.07, 6.45) is 2.03. The Balaban J connectivity index is 1.39. The second-order valence-electron chi connectivity index (χ2n) is 5.22. The summed E-state index contributed by atoms with van der Waals surface area (Å²) in [7, 11) is 0. The molecule has 0 radical (unpaired) electrons. The molecule has 0 aliphatic heterocycles. The summed E-state index contributed by atoms with van der Waals surface area (Å²) in [4.78, 5) is 23.4. The second kappa shape index (κ2) is 8.86. The van der Waals surface area contributed by atoms with E-state index in [0.717, 1.165) is 17.3 Å². The summed E-state index contributed by atoms with van der Waals surface area (Å²) in [5, 5.41) is 12.9. The zero-order valence-electron chi connectivity index (χ0n) is 13.7. The average Bonchev–Trinajstić information content (AvgIpc) is 3.31. The van der Waals surface area contributed by atoms with Gasteiger partial charge in [0.1, 0.15) is 5.76 Å². The molecule has 0 bridgehead atoms. The Morgan fingerprint density at radius 1 is 1.08 bits per heavy atom. The number of carbonyl (C=O) groups excluding carboxylic acids is 2. The van der Waals surface area contributed by atoms with Crippen LogP contribution in [0.5, 0.6) is 0 Å². The first-order chi connectivity index (χ1) is 12.7. The van der Waals surface area contributed by atoms with E-state index in [1.54, 1.807) is 12.1 Å². The summed E-state index contributed by atoms with van der Waals surface area (Å²) in [5.41, 5.74) is 1.05. The maximum absolute atomic E-state index is 11.8. The van der Waals surface area contributed by atoms with Crippen molar-refractivity contribution in [3.05, 3.63) is 65.9 Å². The van der Waals surface area contributed by atoms with Crippen LogP contribution >= 0.6 is 11.8 Å². The molecule has 2 N–H and O–H groups in total. The van der Waals surface area contributed by atoms with Gasteiger partial charge in [0, 0.05) is 0 Å². The van der Waals surface area contributed by atoms with Gasteiger partial charge in [-0.05, 0) is 17.7 Å². The molecule has 9 heteroatoms. The molecule has 1 aromatic carbocycles. The lowest BCUT2D eigenvalue weighted by molar-refractivity contribution is -0.117. The number of amides is 3. The standard InChI is InChI=1S/C17H16N4O4S/c22-14(19-16(23)18-10-13-7-4-8-24-13)11-26-17-21-20-15(25-17)9-12-5-2-1-3-6-12/h1-8H,9-11H2,(H2,18,19,22,23). The van der Waals surface area contributed by atoms with E-state index < -0.39 is 11.9 Å². The minimum absolute atomic E-state index is 0.0128. The molecule has 0 atom stereocenters. The minimum atomic E-state index is -0.595. The van der Waals surface area contributed by atoms with E-state index in [1.807, 2.05) is 30.3 Å². The van der Waals surface area contributed by atoms with Crippen LogP contribution in [0, 0.1) is 0 Å². The van der Waals surface area contributed by atoms with Crippen molar-refractivity contribution < 1.29 is 18.4 Å². The molecule has 2 aromatic heterocycles. The number of rotatable bonds is 7. The van der Waals surface area contributed by atoms with Crippen LogP contribution in [0.2, 0.25) is 0 Å². The number of imide groups is 1. The van der Waals surface area contributed by atoms with Gasteiger partial charge >= 0.3 is 6.03 Å². The maximum atomic E-state index is 11.8. The van der Waals surface area contributed by atoms with Crippen LogP contribution in [0.15, 0.2) is 62.8 Å². The lowest BCUT2D eigenvalue weighted by Crippen LogP contribution is -2.39. The van der Waals surface area contributed by atoms with Gasteiger partial charge < -0.3 is 14.2 Å². The SMILES string of the molecule is O=C(CSc1nnc(Cc2ccccc2)o1)NC(=O)NCc1ccco1. The molecule has 0 saturated carbocycles. The number of furan rings is 1. The molecule has 2 heterocycles. The topological polar surface area (TPSA) is 110 Å². The van der Waals surface area contributed by atoms with E-state index in [9.17, 15) is 9.59 Å². The van der Waals surface area contributed by atoms with Gasteiger partial charge in [-0.3, -0.25) is 10.1 Å². The van der Waals surface area contributed by atoms with Crippen LogP contribution in [0.25, 0.3) is 0 Å². The van der Waals surface area contributed by atoms with Gasteiger partial charge in [0.05, 0.1) is 25.0 Å². The summed E-state index contributed by atoms with van der Waals surface area (Å²) in [6.45, 7) is 0.200. The number of nitrogens with zero attached hydrogens (tertiary/aromatic N) is 2. The fourth-order valence-electron chi connectivity index (χ4n) is 2.05. The Morgan fingerprint density at radius 2 is 1.92 bits per heavy atom. The molecule has 3 amide bonds. The molecule has 3 aromatic rings. The molecule has 0 saturated heterocycles. The van der Waals surface area contributed by atoms with Gasteiger partial charge in [0.15, 0.2) is 0 Å². The van der Waals surface area contributed by atoms with Gasteiger partial charge in [-0.2, -0.15) is 0 Å². The van der Waals surface area contributed by atoms with E-state index in [0.29, 0.717) is 18.1 Å². The van der Waals surface area contributed by atoms with E-state index in [4.69, 9.17) is 8.83 Å². The van der Waals surface area contributed by atoms with E-state index >= 15 is 0 Å². The Hall–Kier alpha value is -3.07. The third kappa shape index (κ3) is 5.49. The van der Waals surface area contributed by atoms with Gasteiger partial charge in [-0.1, -0.05) is 42.1 Å². The number of hydrogen-bond acceptors (Lipinski definition) is 7. The average molecular weight is 372 g/mol. The summed E-state index contributed by atoms with van der Waals surface area (Å²) >= 11 is 1.07. The number of hydrogen-bond donors (Lipinski definition) is 2. The first kappa shape index (κ1) is 17.7. The van der Waals surface area contributed by atoms with E-state index in [-0.39, 0.29) is 17.5 Å². The highest BCUT2D eigenvalue weighted by molar-refractivity contribution is 7.99. The third-order valence-corrected chi connectivity index (χ3v) is 4.05. The zero-order valence-corrected chi connectivity index (χ0v) is 14.5. The summed E-state index contributed by atoms with van der Waals surface area (Å²) in [6, 6.07) is 12.6. The Morgan fingerprint density at radius 3 is 2.69 bits per heavy atom. The van der Waals surface area contributed by atoms with Crippen molar-refractivity contribution >= 4 is 23.7 Å². The molecular formula is C17H16N4O4S. The van der Waals surface area contributed by atoms with Gasteiger partial charge in [-0.15, -0.1) is 10.2 Å². The van der Waals surface area contributed by atoms with Crippen molar-refractivity contribution in [3.63, 3.8) is 0 Å². The van der Waals surface area contributed by atoms with Crippen LogP contribution in [-0.4, -0.2) is 27.9 Å². The Labute approximate surface area is 153 Å². The molecule has 134 valence electrons. The number of nitrogens with one attached hydrogen (secondary N) is 2. The Kier molecular flexibility index (Phi) is 6.05. The number of thioether (sulfide) groups is 1. The summed E-state index contributed by atoms with van der Waals surface area (Å²) in [5.74, 6) is 0.588. The molecule has 0 unspecified atom stereocenters. The van der Waals surface area contributed by atoms with Crippen molar-refractivity contribution in [2.45, 2.75) is 18.2 Å². The summed E-state index contributed by atoms with van der Waals surface area (Å²) < 4.78 is 10.6. The minimum Gasteiger partial charge on any atom is -0.467 e.